The summed E-state index contributed by atoms with van der Waals surface area (Å²) in [5.41, 5.74) is 0. The van der Waals surface area contributed by atoms with Gasteiger partial charge in [0.05, 0.1) is 0 Å². The molecule has 0 amide bonds. The molecule has 1 N–H and O–H groups in total. The van der Waals surface area contributed by atoms with E-state index in [0.717, 1.165) is 31.6 Å². The summed E-state index contributed by atoms with van der Waals surface area (Å²) in [6, 6.07) is 0.695. The van der Waals surface area contributed by atoms with Crippen LogP contribution in [0.2, 0.25) is 0 Å². The summed E-state index contributed by atoms with van der Waals surface area (Å²) in [5, 5.41) is 3.57. The third kappa shape index (κ3) is 3.97. The fourth-order valence-electron chi connectivity index (χ4n) is 2.16. The van der Waals surface area contributed by atoms with E-state index in [1.807, 2.05) is 0 Å². The van der Waals surface area contributed by atoms with Crippen molar-refractivity contribution in [1.29, 1.82) is 0 Å². The maximum absolute atomic E-state index is 5.39. The largest absolute Gasteiger partial charge is 0.381 e. The molecule has 0 aromatic rings. The number of ether oxygens (including phenoxy) is 1. The minimum absolute atomic E-state index is 0.695. The number of hydrogen-bond donors (Lipinski definition) is 1. The third-order valence-corrected chi connectivity index (χ3v) is 3.18. The first kappa shape index (κ1) is 12.0. The van der Waals surface area contributed by atoms with E-state index in [1.165, 1.54) is 19.3 Å². The zero-order valence-corrected chi connectivity index (χ0v) is 9.88. The Morgan fingerprint density at radius 1 is 1.43 bits per heavy atom. The van der Waals surface area contributed by atoms with Gasteiger partial charge >= 0.3 is 0 Å². The van der Waals surface area contributed by atoms with E-state index in [0.29, 0.717) is 6.04 Å². The van der Waals surface area contributed by atoms with Crippen LogP contribution in [0.3, 0.4) is 0 Å². The van der Waals surface area contributed by atoms with Gasteiger partial charge in [0.15, 0.2) is 0 Å². The molecule has 0 aromatic heterocycles. The molecule has 0 saturated carbocycles. The summed E-state index contributed by atoms with van der Waals surface area (Å²) in [4.78, 5) is 0. The third-order valence-electron chi connectivity index (χ3n) is 3.18. The van der Waals surface area contributed by atoms with Crippen molar-refractivity contribution in [2.75, 3.05) is 19.8 Å². The van der Waals surface area contributed by atoms with Crippen LogP contribution in [0.5, 0.6) is 0 Å². The number of hydrogen-bond acceptors (Lipinski definition) is 2. The Bertz CT molecular complexity index is 141. The molecule has 1 heterocycles. The van der Waals surface area contributed by atoms with Gasteiger partial charge in [-0.05, 0) is 37.6 Å². The minimum atomic E-state index is 0.695. The molecule has 1 fully saturated rings. The van der Waals surface area contributed by atoms with Crippen molar-refractivity contribution in [2.45, 2.75) is 46.1 Å². The quantitative estimate of drug-likeness (QED) is 0.709. The highest BCUT2D eigenvalue weighted by Crippen LogP contribution is 2.20. The van der Waals surface area contributed by atoms with Gasteiger partial charge in [-0.25, -0.2) is 0 Å². The van der Waals surface area contributed by atoms with Crippen molar-refractivity contribution in [3.8, 4) is 0 Å². The zero-order valence-electron chi connectivity index (χ0n) is 9.88. The van der Waals surface area contributed by atoms with Crippen LogP contribution in [0.15, 0.2) is 0 Å². The molecule has 0 aromatic carbocycles. The summed E-state index contributed by atoms with van der Waals surface area (Å²) in [6.45, 7) is 9.87. The molecule has 84 valence electrons. The van der Waals surface area contributed by atoms with E-state index < -0.39 is 0 Å². The lowest BCUT2D eigenvalue weighted by Crippen LogP contribution is -2.34. The standard InChI is InChI=1S/C12H25NO/c1-4-13-12(10(2)3)6-5-11-7-8-14-9-11/h10-13H,4-9H2,1-3H3. The van der Waals surface area contributed by atoms with E-state index in [-0.39, 0.29) is 0 Å². The van der Waals surface area contributed by atoms with Crippen LogP contribution in [0.1, 0.15) is 40.0 Å². The molecule has 0 aliphatic carbocycles. The lowest BCUT2D eigenvalue weighted by Gasteiger charge is -2.22. The lowest BCUT2D eigenvalue weighted by molar-refractivity contribution is 0.182. The van der Waals surface area contributed by atoms with Crippen LogP contribution in [0.25, 0.3) is 0 Å². The smallest absolute Gasteiger partial charge is 0.0495 e. The molecule has 0 radical (unpaired) electrons. The van der Waals surface area contributed by atoms with Gasteiger partial charge in [-0.2, -0.15) is 0 Å². The first-order valence-electron chi connectivity index (χ1n) is 6.05. The Labute approximate surface area is 88.4 Å². The van der Waals surface area contributed by atoms with E-state index >= 15 is 0 Å². The lowest BCUT2D eigenvalue weighted by atomic mass is 9.93. The maximum Gasteiger partial charge on any atom is 0.0495 e. The van der Waals surface area contributed by atoms with Gasteiger partial charge in [-0.3, -0.25) is 0 Å². The first-order chi connectivity index (χ1) is 6.74. The molecule has 1 aliphatic rings. The Morgan fingerprint density at radius 3 is 2.71 bits per heavy atom. The maximum atomic E-state index is 5.39. The van der Waals surface area contributed by atoms with Crippen LogP contribution in [0.4, 0.5) is 0 Å². The van der Waals surface area contributed by atoms with Crippen LogP contribution in [0, 0.1) is 11.8 Å². The molecule has 1 saturated heterocycles. The van der Waals surface area contributed by atoms with Crippen molar-refractivity contribution < 1.29 is 4.74 Å². The average Bonchev–Trinajstić information content (AvgIpc) is 2.64. The summed E-state index contributed by atoms with van der Waals surface area (Å²) >= 11 is 0. The average molecular weight is 199 g/mol. The van der Waals surface area contributed by atoms with Crippen LogP contribution in [-0.4, -0.2) is 25.8 Å². The van der Waals surface area contributed by atoms with Gasteiger partial charge in [0.2, 0.25) is 0 Å². The highest BCUT2D eigenvalue weighted by atomic mass is 16.5. The monoisotopic (exact) mass is 199 g/mol. The SMILES string of the molecule is CCNC(CCC1CCOC1)C(C)C. The van der Waals surface area contributed by atoms with Gasteiger partial charge in [-0.1, -0.05) is 20.8 Å². The highest BCUT2D eigenvalue weighted by Gasteiger charge is 2.18. The van der Waals surface area contributed by atoms with Crippen molar-refractivity contribution in [3.63, 3.8) is 0 Å². The van der Waals surface area contributed by atoms with Gasteiger partial charge in [0, 0.05) is 19.3 Å². The zero-order chi connectivity index (χ0) is 10.4. The highest BCUT2D eigenvalue weighted by molar-refractivity contribution is 4.73. The van der Waals surface area contributed by atoms with Crippen LogP contribution >= 0.6 is 0 Å². The van der Waals surface area contributed by atoms with Crippen molar-refractivity contribution in [1.82, 2.24) is 5.32 Å². The van der Waals surface area contributed by atoms with E-state index in [2.05, 4.69) is 26.1 Å². The second-order valence-corrected chi connectivity index (χ2v) is 4.72. The molecule has 14 heavy (non-hydrogen) atoms. The molecule has 2 atom stereocenters. The molecule has 1 rings (SSSR count). The Balaban J connectivity index is 2.17. The minimum Gasteiger partial charge on any atom is -0.381 e. The van der Waals surface area contributed by atoms with Gasteiger partial charge in [-0.15, -0.1) is 0 Å². The van der Waals surface area contributed by atoms with Crippen molar-refractivity contribution in [2.24, 2.45) is 11.8 Å². The summed E-state index contributed by atoms with van der Waals surface area (Å²) in [6.07, 6.45) is 3.91. The van der Waals surface area contributed by atoms with E-state index in [9.17, 15) is 0 Å². The Hall–Kier alpha value is -0.0800. The molecule has 0 spiro atoms. The molecule has 2 nitrogen and oxygen atoms in total. The normalized spacial score (nSPS) is 24.4. The molecular weight excluding hydrogens is 174 g/mol. The molecule has 1 aliphatic heterocycles. The first-order valence-corrected chi connectivity index (χ1v) is 6.05. The second-order valence-electron chi connectivity index (χ2n) is 4.72. The number of rotatable bonds is 6. The van der Waals surface area contributed by atoms with Gasteiger partial charge in [0.1, 0.15) is 0 Å². The Kier molecular flexibility index (Phi) is 5.49. The van der Waals surface area contributed by atoms with Crippen molar-refractivity contribution in [3.05, 3.63) is 0 Å². The Morgan fingerprint density at radius 2 is 2.21 bits per heavy atom. The molecule has 0 bridgehead atoms. The predicted molar refractivity (Wildman–Crippen MR) is 60.5 cm³/mol. The summed E-state index contributed by atoms with van der Waals surface area (Å²) in [5.74, 6) is 1.58. The number of nitrogens with one attached hydrogen (secondary N) is 1. The van der Waals surface area contributed by atoms with Crippen LogP contribution < -0.4 is 5.32 Å². The molecule has 2 unspecified atom stereocenters. The van der Waals surface area contributed by atoms with E-state index in [4.69, 9.17) is 4.74 Å². The topological polar surface area (TPSA) is 21.3 Å². The van der Waals surface area contributed by atoms with Gasteiger partial charge < -0.3 is 10.1 Å². The van der Waals surface area contributed by atoms with Gasteiger partial charge in [0.25, 0.3) is 0 Å². The summed E-state index contributed by atoms with van der Waals surface area (Å²) in [7, 11) is 0. The second kappa shape index (κ2) is 6.41. The van der Waals surface area contributed by atoms with Crippen LogP contribution in [-0.2, 0) is 4.74 Å². The fourth-order valence-corrected chi connectivity index (χ4v) is 2.16. The van der Waals surface area contributed by atoms with E-state index in [1.54, 1.807) is 0 Å². The summed E-state index contributed by atoms with van der Waals surface area (Å²) < 4.78 is 5.39. The fraction of sp³-hybridized carbons (Fsp3) is 1.00. The van der Waals surface area contributed by atoms with Crippen molar-refractivity contribution >= 4 is 0 Å². The predicted octanol–water partition coefficient (Wildman–Crippen LogP) is 2.44. The molecular formula is C12H25NO. The molecule has 2 heteroatoms.